The number of nitrogens with one attached hydrogen (secondary N) is 1. The van der Waals surface area contributed by atoms with Gasteiger partial charge in [0.15, 0.2) is 0 Å². The molecule has 2 aromatic carbocycles. The summed E-state index contributed by atoms with van der Waals surface area (Å²) in [6.45, 7) is 1.89. The molecule has 2 rings (SSSR count). The van der Waals surface area contributed by atoms with Crippen molar-refractivity contribution in [3.63, 3.8) is 0 Å². The van der Waals surface area contributed by atoms with Crippen molar-refractivity contribution in [2.45, 2.75) is 13.0 Å². The standard InChI is InChI=1S/C14H16ClN/c15-9-4-10-16-11-13-7-3-6-12-5-1-2-8-14(12)13/h1-3,5-8,16H,4,9-11H2. The molecule has 84 valence electrons. The summed E-state index contributed by atoms with van der Waals surface area (Å²) in [4.78, 5) is 0. The van der Waals surface area contributed by atoms with Crippen LogP contribution in [0.5, 0.6) is 0 Å². The largest absolute Gasteiger partial charge is 0.313 e. The molecular weight excluding hydrogens is 218 g/mol. The first-order valence-corrected chi connectivity index (χ1v) is 6.18. The lowest BCUT2D eigenvalue weighted by Crippen LogP contribution is -2.15. The van der Waals surface area contributed by atoms with Crippen LogP contribution < -0.4 is 5.32 Å². The van der Waals surface area contributed by atoms with E-state index in [0.717, 1.165) is 25.4 Å². The predicted octanol–water partition coefficient (Wildman–Crippen LogP) is 3.56. The average molecular weight is 234 g/mol. The van der Waals surface area contributed by atoms with Gasteiger partial charge < -0.3 is 5.32 Å². The Morgan fingerprint density at radius 2 is 1.81 bits per heavy atom. The molecule has 0 aliphatic rings. The Bertz CT molecular complexity index is 448. The van der Waals surface area contributed by atoms with Gasteiger partial charge in [0.05, 0.1) is 0 Å². The Morgan fingerprint density at radius 1 is 1.00 bits per heavy atom. The summed E-state index contributed by atoms with van der Waals surface area (Å²) in [7, 11) is 0. The van der Waals surface area contributed by atoms with E-state index in [4.69, 9.17) is 11.6 Å². The molecule has 0 aliphatic carbocycles. The van der Waals surface area contributed by atoms with Gasteiger partial charge in [-0.1, -0.05) is 42.5 Å². The fourth-order valence-corrected chi connectivity index (χ4v) is 2.00. The third kappa shape index (κ3) is 2.75. The first-order chi connectivity index (χ1) is 7.92. The van der Waals surface area contributed by atoms with E-state index in [2.05, 4.69) is 47.8 Å². The summed E-state index contributed by atoms with van der Waals surface area (Å²) in [5.74, 6) is 0.725. The van der Waals surface area contributed by atoms with Crippen LogP contribution in [-0.2, 0) is 6.54 Å². The minimum Gasteiger partial charge on any atom is -0.313 e. The Morgan fingerprint density at radius 3 is 2.69 bits per heavy atom. The molecule has 0 bridgehead atoms. The maximum atomic E-state index is 5.64. The number of halogens is 1. The van der Waals surface area contributed by atoms with E-state index in [-0.39, 0.29) is 0 Å². The average Bonchev–Trinajstić information content (AvgIpc) is 2.35. The van der Waals surface area contributed by atoms with Gasteiger partial charge in [-0.15, -0.1) is 11.6 Å². The normalized spacial score (nSPS) is 10.8. The van der Waals surface area contributed by atoms with Gasteiger partial charge in [-0.2, -0.15) is 0 Å². The van der Waals surface area contributed by atoms with Crippen molar-refractivity contribution < 1.29 is 0 Å². The molecule has 0 aromatic heterocycles. The zero-order valence-corrected chi connectivity index (χ0v) is 10.0. The highest BCUT2D eigenvalue weighted by molar-refractivity contribution is 6.17. The lowest BCUT2D eigenvalue weighted by molar-refractivity contribution is 0.680. The summed E-state index contributed by atoms with van der Waals surface area (Å²) in [5.41, 5.74) is 1.35. The molecule has 16 heavy (non-hydrogen) atoms. The van der Waals surface area contributed by atoms with Crippen molar-refractivity contribution in [3.8, 4) is 0 Å². The third-order valence-corrected chi connectivity index (χ3v) is 2.95. The van der Waals surface area contributed by atoms with Gasteiger partial charge in [0.2, 0.25) is 0 Å². The second kappa shape index (κ2) is 5.88. The van der Waals surface area contributed by atoms with Crippen LogP contribution >= 0.6 is 11.6 Å². The second-order valence-corrected chi connectivity index (χ2v) is 4.24. The lowest BCUT2D eigenvalue weighted by Gasteiger charge is -2.07. The van der Waals surface area contributed by atoms with E-state index in [1.807, 2.05) is 0 Å². The molecule has 0 atom stereocenters. The van der Waals surface area contributed by atoms with E-state index in [1.54, 1.807) is 0 Å². The fraction of sp³-hybridized carbons (Fsp3) is 0.286. The van der Waals surface area contributed by atoms with Crippen molar-refractivity contribution in [2.24, 2.45) is 0 Å². The Hall–Kier alpha value is -1.05. The number of benzene rings is 2. The molecule has 1 N–H and O–H groups in total. The van der Waals surface area contributed by atoms with Gasteiger partial charge in [-0.25, -0.2) is 0 Å². The highest BCUT2D eigenvalue weighted by Gasteiger charge is 1.98. The van der Waals surface area contributed by atoms with Crippen molar-refractivity contribution in [1.82, 2.24) is 5.32 Å². The Kier molecular flexibility index (Phi) is 4.20. The smallest absolute Gasteiger partial charge is 0.0235 e. The number of hydrogen-bond donors (Lipinski definition) is 1. The fourth-order valence-electron chi connectivity index (χ4n) is 1.86. The van der Waals surface area contributed by atoms with Crippen LogP contribution in [0.15, 0.2) is 42.5 Å². The van der Waals surface area contributed by atoms with Crippen molar-refractivity contribution in [2.75, 3.05) is 12.4 Å². The van der Waals surface area contributed by atoms with Gasteiger partial charge in [0.1, 0.15) is 0 Å². The van der Waals surface area contributed by atoms with Gasteiger partial charge >= 0.3 is 0 Å². The molecule has 0 fully saturated rings. The van der Waals surface area contributed by atoms with Crippen molar-refractivity contribution in [1.29, 1.82) is 0 Å². The summed E-state index contributed by atoms with van der Waals surface area (Å²) in [6, 6.07) is 14.9. The van der Waals surface area contributed by atoms with Crippen LogP contribution in [0.1, 0.15) is 12.0 Å². The van der Waals surface area contributed by atoms with Crippen molar-refractivity contribution in [3.05, 3.63) is 48.0 Å². The molecule has 0 unspecified atom stereocenters. The molecule has 2 aromatic rings. The van der Waals surface area contributed by atoms with Gasteiger partial charge in [0.25, 0.3) is 0 Å². The van der Waals surface area contributed by atoms with E-state index < -0.39 is 0 Å². The predicted molar refractivity (Wildman–Crippen MR) is 71.0 cm³/mol. The summed E-state index contributed by atoms with van der Waals surface area (Å²) in [5, 5.41) is 6.05. The molecule has 0 radical (unpaired) electrons. The zero-order valence-electron chi connectivity index (χ0n) is 9.25. The molecule has 0 amide bonds. The van der Waals surface area contributed by atoms with Crippen LogP contribution in [-0.4, -0.2) is 12.4 Å². The zero-order chi connectivity index (χ0) is 11.2. The highest BCUT2D eigenvalue weighted by Crippen LogP contribution is 2.17. The summed E-state index contributed by atoms with van der Waals surface area (Å²) < 4.78 is 0. The van der Waals surface area contributed by atoms with Crippen LogP contribution in [0.4, 0.5) is 0 Å². The Labute approximate surface area is 101 Å². The molecule has 2 heteroatoms. The van der Waals surface area contributed by atoms with Crippen LogP contribution in [0.25, 0.3) is 10.8 Å². The minimum atomic E-state index is 0.725. The molecule has 0 spiro atoms. The molecule has 0 saturated carbocycles. The van der Waals surface area contributed by atoms with Crippen LogP contribution in [0, 0.1) is 0 Å². The van der Waals surface area contributed by atoms with Gasteiger partial charge in [0, 0.05) is 12.4 Å². The minimum absolute atomic E-state index is 0.725. The van der Waals surface area contributed by atoms with Crippen molar-refractivity contribution >= 4 is 22.4 Å². The molecular formula is C14H16ClN. The third-order valence-electron chi connectivity index (χ3n) is 2.68. The summed E-state index contributed by atoms with van der Waals surface area (Å²) in [6.07, 6.45) is 1.02. The highest BCUT2D eigenvalue weighted by atomic mass is 35.5. The second-order valence-electron chi connectivity index (χ2n) is 3.86. The number of hydrogen-bond acceptors (Lipinski definition) is 1. The lowest BCUT2D eigenvalue weighted by atomic mass is 10.0. The number of rotatable bonds is 5. The number of fused-ring (bicyclic) bond motifs is 1. The topological polar surface area (TPSA) is 12.0 Å². The van der Waals surface area contributed by atoms with Crippen LogP contribution in [0.2, 0.25) is 0 Å². The maximum Gasteiger partial charge on any atom is 0.0235 e. The first kappa shape index (κ1) is 11.4. The van der Waals surface area contributed by atoms with E-state index in [9.17, 15) is 0 Å². The maximum absolute atomic E-state index is 5.64. The SMILES string of the molecule is ClCCCNCc1cccc2ccccc12. The summed E-state index contributed by atoms with van der Waals surface area (Å²) >= 11 is 5.64. The monoisotopic (exact) mass is 233 g/mol. The first-order valence-electron chi connectivity index (χ1n) is 5.65. The Balaban J connectivity index is 2.11. The quantitative estimate of drug-likeness (QED) is 0.615. The molecule has 1 nitrogen and oxygen atoms in total. The van der Waals surface area contributed by atoms with E-state index >= 15 is 0 Å². The molecule has 0 aliphatic heterocycles. The van der Waals surface area contributed by atoms with E-state index in [0.29, 0.717) is 0 Å². The van der Waals surface area contributed by atoms with Gasteiger partial charge in [-0.05, 0) is 29.3 Å². The molecule has 0 saturated heterocycles. The van der Waals surface area contributed by atoms with Crippen LogP contribution in [0.3, 0.4) is 0 Å². The van der Waals surface area contributed by atoms with E-state index in [1.165, 1.54) is 16.3 Å². The molecule has 0 heterocycles. The van der Waals surface area contributed by atoms with Gasteiger partial charge in [-0.3, -0.25) is 0 Å². The number of alkyl halides is 1.